The maximum Gasteiger partial charge on any atom is 0.353 e. The van der Waals surface area contributed by atoms with Crippen LogP contribution in [0.15, 0.2) is 10.6 Å². The number of fused-ring (bicyclic) bond motifs is 1. The number of rotatable bonds is 6. The molecule has 8 nitrogen and oxygen atoms in total. The maximum atomic E-state index is 12.1. The van der Waals surface area contributed by atoms with Gasteiger partial charge in [0.15, 0.2) is 0 Å². The van der Waals surface area contributed by atoms with Crippen LogP contribution in [0.1, 0.15) is 6.92 Å². The van der Waals surface area contributed by atoms with Crippen molar-refractivity contribution in [1.29, 1.82) is 0 Å². The highest BCUT2D eigenvalue weighted by molar-refractivity contribution is 8.23. The second-order valence-electron chi connectivity index (χ2n) is 5.44. The number of hydrogen-bond donors (Lipinski definition) is 3. The van der Waals surface area contributed by atoms with Crippen LogP contribution in [-0.4, -0.2) is 72.9 Å². The quantitative estimate of drug-likeness (QED) is 0.411. The molecule has 2 amide bonds. The Kier molecular flexibility index (Phi) is 5.78. The Labute approximate surface area is 152 Å². The number of carboxylic acid groups (broad SMARTS) is 1. The predicted octanol–water partition coefficient (Wildman–Crippen LogP) is -0.370. The molecule has 0 saturated carbocycles. The monoisotopic (exact) mass is 391 g/mol. The van der Waals surface area contributed by atoms with Crippen molar-refractivity contribution in [3.63, 3.8) is 0 Å². The van der Waals surface area contributed by atoms with E-state index in [2.05, 4.69) is 0 Å². The van der Waals surface area contributed by atoms with E-state index in [0.29, 0.717) is 9.23 Å². The third kappa shape index (κ3) is 3.53. The molecule has 0 bridgehead atoms. The molecule has 0 spiro atoms. The largest absolute Gasteiger partial charge is 0.477 e. The van der Waals surface area contributed by atoms with Crippen molar-refractivity contribution in [2.45, 2.75) is 18.4 Å². The Hall–Kier alpha value is -1.30. The number of nitrogens with zero attached hydrogens (tertiary/aromatic N) is 2. The van der Waals surface area contributed by atoms with Crippen molar-refractivity contribution < 1.29 is 24.6 Å². The van der Waals surface area contributed by atoms with Gasteiger partial charge in [0.05, 0.1) is 18.6 Å². The summed E-state index contributed by atoms with van der Waals surface area (Å²) in [6.45, 7) is 1.49. The maximum absolute atomic E-state index is 12.1. The van der Waals surface area contributed by atoms with Crippen molar-refractivity contribution in [1.82, 2.24) is 9.80 Å². The first-order valence-corrected chi connectivity index (χ1v) is 9.23. The number of thiocarbonyl (C=S) groups is 1. The topological polar surface area (TPSA) is 124 Å². The number of nitrogens with two attached hydrogens (primary N) is 1. The molecule has 0 aromatic carbocycles. The minimum atomic E-state index is -1.19. The average Bonchev–Trinajstić information content (AvgIpc) is 2.78. The molecular weight excluding hydrogens is 374 g/mol. The summed E-state index contributed by atoms with van der Waals surface area (Å²) < 4.78 is 0.402. The number of likely N-dealkylation sites (N-methyl/N-ethyl adjacent to an activating group) is 1. The van der Waals surface area contributed by atoms with Crippen LogP contribution >= 0.6 is 35.7 Å². The highest BCUT2D eigenvalue weighted by Gasteiger charge is 2.57. The van der Waals surface area contributed by atoms with Gasteiger partial charge in [-0.3, -0.25) is 14.5 Å². The van der Waals surface area contributed by atoms with E-state index in [1.54, 1.807) is 7.05 Å². The Morgan fingerprint density at radius 2 is 2.17 bits per heavy atom. The number of amides is 2. The summed E-state index contributed by atoms with van der Waals surface area (Å²) in [5, 5.41) is 18.7. The van der Waals surface area contributed by atoms with Gasteiger partial charge in [-0.25, -0.2) is 4.79 Å². The second-order valence-corrected chi connectivity index (χ2v) is 8.26. The summed E-state index contributed by atoms with van der Waals surface area (Å²) in [6, 6.07) is 0. The van der Waals surface area contributed by atoms with E-state index in [4.69, 9.17) is 18.0 Å². The van der Waals surface area contributed by atoms with Gasteiger partial charge >= 0.3 is 5.97 Å². The molecule has 11 heteroatoms. The van der Waals surface area contributed by atoms with Crippen LogP contribution in [0.25, 0.3) is 0 Å². The van der Waals surface area contributed by atoms with Crippen LogP contribution in [0.4, 0.5) is 0 Å². The van der Waals surface area contributed by atoms with Crippen molar-refractivity contribution >= 4 is 57.8 Å². The number of carbonyl (C=O) groups excluding carboxylic acids is 2. The molecule has 2 aliphatic rings. The number of aliphatic hydroxyl groups excluding tert-OH is 1. The second kappa shape index (κ2) is 7.30. The molecule has 0 unspecified atom stereocenters. The molecule has 2 heterocycles. The molecule has 1 fully saturated rings. The van der Waals surface area contributed by atoms with Crippen LogP contribution < -0.4 is 5.73 Å². The normalized spacial score (nSPS) is 23.6. The molecule has 2 rings (SSSR count). The highest BCUT2D eigenvalue weighted by Crippen LogP contribution is 2.51. The molecule has 0 aromatic rings. The third-order valence-corrected chi connectivity index (χ3v) is 6.81. The Morgan fingerprint density at radius 1 is 1.54 bits per heavy atom. The lowest BCUT2D eigenvalue weighted by molar-refractivity contribution is -0.156. The molecular formula is C13H17N3O5S3. The van der Waals surface area contributed by atoms with Gasteiger partial charge in [0.1, 0.15) is 15.4 Å². The zero-order chi connectivity index (χ0) is 18.2. The van der Waals surface area contributed by atoms with E-state index < -0.39 is 29.3 Å². The molecule has 1 saturated heterocycles. The number of aliphatic carboxylic acids is 1. The fourth-order valence-electron chi connectivity index (χ4n) is 2.49. The fraction of sp³-hybridized carbons (Fsp3) is 0.538. The fourth-order valence-corrected chi connectivity index (χ4v) is 5.25. The lowest BCUT2D eigenvalue weighted by atomic mass is 9.92. The van der Waals surface area contributed by atoms with Gasteiger partial charge in [0.25, 0.3) is 0 Å². The summed E-state index contributed by atoms with van der Waals surface area (Å²) in [7, 11) is 1.62. The summed E-state index contributed by atoms with van der Waals surface area (Å²) in [4.78, 5) is 37.7. The van der Waals surface area contributed by atoms with Crippen LogP contribution in [-0.2, 0) is 14.4 Å². The predicted molar refractivity (Wildman–Crippen MR) is 94.9 cm³/mol. The standard InChI is InChI=1S/C13H17N3O5S3/c1-5(17)8-10(19)16-9(12(20)21)6(24-11(8)16)4-23-13(22)15(2)3-7(14)18/h5,8,11,17H,3-4H2,1-2H3,(H2,14,18)(H,20,21)/t5-,8+,11-/m1/s1. The SMILES string of the molecule is C[C@@H](O)[C@H]1C(=O)N2C(C(=O)O)=C(CSC(=S)N(C)CC(N)=O)S[C@H]12. The molecule has 2 aliphatic heterocycles. The van der Waals surface area contributed by atoms with Crippen LogP contribution in [0.5, 0.6) is 0 Å². The number of aliphatic hydroxyl groups is 1. The number of carboxylic acids is 1. The van der Waals surface area contributed by atoms with Gasteiger partial charge in [-0.05, 0) is 6.92 Å². The summed E-state index contributed by atoms with van der Waals surface area (Å²) in [5.74, 6) is -2.42. The van der Waals surface area contributed by atoms with Crippen molar-refractivity contribution in [3.8, 4) is 0 Å². The van der Waals surface area contributed by atoms with Gasteiger partial charge in [-0.15, -0.1) is 11.8 Å². The number of carbonyl (C=O) groups is 3. The molecule has 24 heavy (non-hydrogen) atoms. The first-order valence-electron chi connectivity index (χ1n) is 6.95. The van der Waals surface area contributed by atoms with Gasteiger partial charge in [0, 0.05) is 17.7 Å². The Morgan fingerprint density at radius 3 is 2.67 bits per heavy atom. The van der Waals surface area contributed by atoms with Crippen molar-refractivity contribution in [2.24, 2.45) is 11.7 Å². The summed E-state index contributed by atoms with van der Waals surface area (Å²) in [6.07, 6.45) is -0.837. The van der Waals surface area contributed by atoms with E-state index in [1.807, 2.05) is 0 Å². The molecule has 132 valence electrons. The molecule has 0 aliphatic carbocycles. The summed E-state index contributed by atoms with van der Waals surface area (Å²) in [5.41, 5.74) is 5.05. The van der Waals surface area contributed by atoms with Crippen LogP contribution in [0.2, 0.25) is 0 Å². The van der Waals surface area contributed by atoms with Gasteiger partial charge in [-0.1, -0.05) is 24.0 Å². The van der Waals surface area contributed by atoms with E-state index in [1.165, 1.54) is 40.2 Å². The van der Waals surface area contributed by atoms with Gasteiger partial charge in [0.2, 0.25) is 11.8 Å². The zero-order valence-corrected chi connectivity index (χ0v) is 15.4. The van der Waals surface area contributed by atoms with E-state index in [-0.39, 0.29) is 23.9 Å². The number of hydrogen-bond acceptors (Lipinski definition) is 7. The average molecular weight is 391 g/mol. The van der Waals surface area contributed by atoms with Crippen LogP contribution in [0.3, 0.4) is 0 Å². The first-order chi connectivity index (χ1) is 11.1. The van der Waals surface area contributed by atoms with Gasteiger partial charge < -0.3 is 20.8 Å². The smallest absolute Gasteiger partial charge is 0.353 e. The minimum absolute atomic E-state index is 0.0266. The number of primary amides is 1. The van der Waals surface area contributed by atoms with Crippen LogP contribution in [0, 0.1) is 5.92 Å². The van der Waals surface area contributed by atoms with Gasteiger partial charge in [-0.2, -0.15) is 0 Å². The van der Waals surface area contributed by atoms with Crippen molar-refractivity contribution in [3.05, 3.63) is 10.6 Å². The molecule has 4 N–H and O–H groups in total. The lowest BCUT2D eigenvalue weighted by Gasteiger charge is -2.43. The first kappa shape index (κ1) is 19.0. The van der Waals surface area contributed by atoms with E-state index >= 15 is 0 Å². The van der Waals surface area contributed by atoms with E-state index in [9.17, 15) is 24.6 Å². The number of β-lactam (4-membered cyclic amide) rings is 1. The van der Waals surface area contributed by atoms with Crippen molar-refractivity contribution in [2.75, 3.05) is 19.3 Å². The lowest BCUT2D eigenvalue weighted by Crippen LogP contribution is -2.60. The Bertz CT molecular complexity index is 636. The number of thioether (sulfide) groups is 2. The molecule has 3 atom stereocenters. The Balaban J connectivity index is 2.07. The minimum Gasteiger partial charge on any atom is -0.477 e. The molecule has 0 radical (unpaired) electrons. The molecule has 0 aromatic heterocycles. The summed E-state index contributed by atoms with van der Waals surface area (Å²) >= 11 is 7.63. The third-order valence-electron chi connectivity index (χ3n) is 3.61. The van der Waals surface area contributed by atoms with E-state index in [0.717, 1.165) is 0 Å². The highest BCUT2D eigenvalue weighted by atomic mass is 32.2. The zero-order valence-electron chi connectivity index (χ0n) is 13.0.